The molecule has 5 nitrogen and oxygen atoms in total. The number of rotatable bonds is 8. The second-order valence-electron chi connectivity index (χ2n) is 6.48. The van der Waals surface area contributed by atoms with E-state index in [1.165, 1.54) is 5.56 Å². The van der Waals surface area contributed by atoms with E-state index < -0.39 is 0 Å². The third kappa shape index (κ3) is 5.21. The average Bonchev–Trinajstić information content (AvgIpc) is 2.62. The molecular formula is C19H31N3O2. The first-order chi connectivity index (χ1) is 11.7. The van der Waals surface area contributed by atoms with Crippen molar-refractivity contribution in [2.24, 2.45) is 5.92 Å². The molecule has 2 N–H and O–H groups in total. The topological polar surface area (TPSA) is 55.8 Å². The van der Waals surface area contributed by atoms with E-state index in [4.69, 9.17) is 0 Å². The average molecular weight is 333 g/mol. The van der Waals surface area contributed by atoms with Crippen LogP contribution in [0, 0.1) is 5.92 Å². The highest BCUT2D eigenvalue weighted by molar-refractivity contribution is 5.81. The molecule has 1 aliphatic heterocycles. The van der Waals surface area contributed by atoms with Gasteiger partial charge in [-0.2, -0.15) is 0 Å². The third-order valence-electron chi connectivity index (χ3n) is 4.92. The minimum Gasteiger partial charge on any atom is -0.396 e. The Morgan fingerprint density at radius 3 is 2.54 bits per heavy atom. The number of hydrogen-bond donors (Lipinski definition) is 2. The summed E-state index contributed by atoms with van der Waals surface area (Å²) in [5.41, 5.74) is 2.27. The molecule has 0 spiro atoms. The summed E-state index contributed by atoms with van der Waals surface area (Å²) in [7, 11) is 0. The highest BCUT2D eigenvalue weighted by Crippen LogP contribution is 2.22. The fourth-order valence-electron chi connectivity index (χ4n) is 3.26. The van der Waals surface area contributed by atoms with Gasteiger partial charge in [0.2, 0.25) is 5.91 Å². The Balaban J connectivity index is 1.91. The predicted octanol–water partition coefficient (Wildman–Crippen LogP) is 2.17. The van der Waals surface area contributed by atoms with Gasteiger partial charge in [-0.3, -0.25) is 9.69 Å². The van der Waals surface area contributed by atoms with Gasteiger partial charge in [-0.1, -0.05) is 18.2 Å². The molecule has 0 bridgehead atoms. The summed E-state index contributed by atoms with van der Waals surface area (Å²) in [5.74, 6) is 0.597. The SMILES string of the molecule is CCN(CC)C(=O)CNc1ccccc1CN1CCC(CO)CC1. The number of likely N-dealkylation sites (N-methyl/N-ethyl adjacent to an activating group) is 1. The first-order valence-corrected chi connectivity index (χ1v) is 9.10. The minimum atomic E-state index is 0.138. The van der Waals surface area contributed by atoms with Crippen LogP contribution in [0.5, 0.6) is 0 Å². The predicted molar refractivity (Wildman–Crippen MR) is 97.9 cm³/mol. The van der Waals surface area contributed by atoms with E-state index in [9.17, 15) is 9.90 Å². The van der Waals surface area contributed by atoms with E-state index in [0.29, 0.717) is 19.1 Å². The summed E-state index contributed by atoms with van der Waals surface area (Å²) in [4.78, 5) is 16.5. The Labute approximate surface area is 145 Å². The zero-order valence-corrected chi connectivity index (χ0v) is 15.0. The van der Waals surface area contributed by atoms with Gasteiger partial charge in [-0.25, -0.2) is 0 Å². The molecular weight excluding hydrogens is 302 g/mol. The lowest BCUT2D eigenvalue weighted by atomic mass is 9.97. The maximum Gasteiger partial charge on any atom is 0.241 e. The Morgan fingerprint density at radius 2 is 1.92 bits per heavy atom. The maximum absolute atomic E-state index is 12.2. The van der Waals surface area contributed by atoms with Crippen LogP contribution in [0.25, 0.3) is 0 Å². The number of nitrogens with zero attached hydrogens (tertiary/aromatic N) is 2. The summed E-state index contributed by atoms with van der Waals surface area (Å²) in [6, 6.07) is 8.23. The van der Waals surface area contributed by atoms with Gasteiger partial charge in [0.15, 0.2) is 0 Å². The highest BCUT2D eigenvalue weighted by atomic mass is 16.3. The molecule has 1 aliphatic rings. The van der Waals surface area contributed by atoms with Crippen LogP contribution >= 0.6 is 0 Å². The van der Waals surface area contributed by atoms with Crippen molar-refractivity contribution in [2.75, 3.05) is 44.6 Å². The Morgan fingerprint density at radius 1 is 1.25 bits per heavy atom. The fourth-order valence-corrected chi connectivity index (χ4v) is 3.26. The molecule has 5 heteroatoms. The van der Waals surface area contributed by atoms with Crippen LogP contribution in [-0.4, -0.2) is 60.1 Å². The monoisotopic (exact) mass is 333 g/mol. The lowest BCUT2D eigenvalue weighted by molar-refractivity contribution is -0.128. The molecule has 1 aromatic carbocycles. The van der Waals surface area contributed by atoms with Gasteiger partial charge in [0, 0.05) is 31.9 Å². The van der Waals surface area contributed by atoms with E-state index >= 15 is 0 Å². The molecule has 0 saturated carbocycles. The summed E-state index contributed by atoms with van der Waals surface area (Å²) in [5, 5.41) is 12.6. The lowest BCUT2D eigenvalue weighted by Gasteiger charge is -2.31. The molecule has 24 heavy (non-hydrogen) atoms. The molecule has 1 aromatic rings. The maximum atomic E-state index is 12.2. The Bertz CT molecular complexity index is 509. The number of aliphatic hydroxyl groups is 1. The third-order valence-corrected chi connectivity index (χ3v) is 4.92. The fraction of sp³-hybridized carbons (Fsp3) is 0.632. The summed E-state index contributed by atoms with van der Waals surface area (Å²) < 4.78 is 0. The molecule has 1 heterocycles. The van der Waals surface area contributed by atoms with Gasteiger partial charge in [-0.15, -0.1) is 0 Å². The van der Waals surface area contributed by atoms with Crippen LogP contribution in [0.1, 0.15) is 32.3 Å². The van der Waals surface area contributed by atoms with E-state index in [2.05, 4.69) is 16.3 Å². The normalized spacial score (nSPS) is 16.1. The first-order valence-electron chi connectivity index (χ1n) is 9.10. The zero-order chi connectivity index (χ0) is 17.4. The van der Waals surface area contributed by atoms with Crippen LogP contribution in [0.15, 0.2) is 24.3 Å². The molecule has 1 fully saturated rings. The molecule has 1 amide bonds. The number of amides is 1. The van der Waals surface area contributed by atoms with Crippen molar-refractivity contribution in [1.82, 2.24) is 9.80 Å². The van der Waals surface area contributed by atoms with Gasteiger partial charge in [0.25, 0.3) is 0 Å². The number of hydrogen-bond acceptors (Lipinski definition) is 4. The van der Waals surface area contributed by atoms with Crippen LogP contribution < -0.4 is 5.32 Å². The van der Waals surface area contributed by atoms with Crippen LogP contribution in [0.3, 0.4) is 0 Å². The number of piperidine rings is 1. The Hall–Kier alpha value is -1.59. The van der Waals surface area contributed by atoms with E-state index in [0.717, 1.165) is 51.3 Å². The van der Waals surface area contributed by atoms with Crippen LogP contribution in [0.4, 0.5) is 5.69 Å². The number of aliphatic hydroxyl groups excluding tert-OH is 1. The number of anilines is 1. The second-order valence-corrected chi connectivity index (χ2v) is 6.48. The molecule has 0 atom stereocenters. The van der Waals surface area contributed by atoms with Crippen LogP contribution in [-0.2, 0) is 11.3 Å². The molecule has 2 rings (SSSR count). The first kappa shape index (κ1) is 18.7. The van der Waals surface area contributed by atoms with Crippen molar-refractivity contribution >= 4 is 11.6 Å². The zero-order valence-electron chi connectivity index (χ0n) is 15.0. The second kappa shape index (κ2) is 9.64. The van der Waals surface area contributed by atoms with Crippen molar-refractivity contribution in [3.63, 3.8) is 0 Å². The lowest BCUT2D eigenvalue weighted by Crippen LogP contribution is -2.36. The quantitative estimate of drug-likeness (QED) is 0.765. The van der Waals surface area contributed by atoms with Crippen molar-refractivity contribution in [3.05, 3.63) is 29.8 Å². The van der Waals surface area contributed by atoms with Crippen molar-refractivity contribution in [3.8, 4) is 0 Å². The summed E-state index contributed by atoms with van der Waals surface area (Å²) in [6.45, 7) is 9.09. The molecule has 0 aliphatic carbocycles. The van der Waals surface area contributed by atoms with Gasteiger partial charge in [0.05, 0.1) is 6.54 Å². The number of nitrogens with one attached hydrogen (secondary N) is 1. The number of carbonyl (C=O) groups excluding carboxylic acids is 1. The number of benzene rings is 1. The highest BCUT2D eigenvalue weighted by Gasteiger charge is 2.19. The molecule has 0 aromatic heterocycles. The van der Waals surface area contributed by atoms with Gasteiger partial charge in [0.1, 0.15) is 0 Å². The number of carbonyl (C=O) groups is 1. The standard InChI is InChI=1S/C19H31N3O2/c1-3-22(4-2)19(24)13-20-18-8-6-5-7-17(18)14-21-11-9-16(15-23)10-12-21/h5-8,16,20,23H,3-4,9-15H2,1-2H3. The number of para-hydroxylation sites is 1. The van der Waals surface area contributed by atoms with Crippen molar-refractivity contribution in [2.45, 2.75) is 33.2 Å². The molecule has 1 saturated heterocycles. The van der Waals surface area contributed by atoms with Gasteiger partial charge >= 0.3 is 0 Å². The summed E-state index contributed by atoms with van der Waals surface area (Å²) >= 11 is 0. The van der Waals surface area contributed by atoms with Crippen molar-refractivity contribution in [1.29, 1.82) is 0 Å². The largest absolute Gasteiger partial charge is 0.396 e. The molecule has 134 valence electrons. The van der Waals surface area contributed by atoms with Gasteiger partial charge < -0.3 is 15.3 Å². The van der Waals surface area contributed by atoms with Crippen LogP contribution in [0.2, 0.25) is 0 Å². The van der Waals surface area contributed by atoms with Crippen molar-refractivity contribution < 1.29 is 9.90 Å². The van der Waals surface area contributed by atoms with Gasteiger partial charge in [-0.05, 0) is 57.3 Å². The van der Waals surface area contributed by atoms with E-state index in [1.54, 1.807) is 0 Å². The Kier molecular flexibility index (Phi) is 7.53. The molecule has 0 radical (unpaired) electrons. The van der Waals surface area contributed by atoms with E-state index in [1.807, 2.05) is 36.9 Å². The number of likely N-dealkylation sites (tertiary alicyclic amines) is 1. The smallest absolute Gasteiger partial charge is 0.241 e. The summed E-state index contributed by atoms with van der Waals surface area (Å²) in [6.07, 6.45) is 2.12. The molecule has 0 unspecified atom stereocenters. The minimum absolute atomic E-state index is 0.138. The van der Waals surface area contributed by atoms with E-state index in [-0.39, 0.29) is 5.91 Å².